The van der Waals surface area contributed by atoms with Crippen molar-refractivity contribution in [2.24, 2.45) is 0 Å². The van der Waals surface area contributed by atoms with E-state index in [2.05, 4.69) is 34.6 Å². The van der Waals surface area contributed by atoms with Gasteiger partial charge in [0.2, 0.25) is 0 Å². The van der Waals surface area contributed by atoms with Crippen molar-refractivity contribution in [3.63, 3.8) is 0 Å². The lowest BCUT2D eigenvalue weighted by atomic mass is 10.1. The zero-order valence-electron chi connectivity index (χ0n) is 22.7. The van der Waals surface area contributed by atoms with E-state index in [-0.39, 0.29) is 0 Å². The van der Waals surface area contributed by atoms with Crippen LogP contribution in [0.3, 0.4) is 0 Å². The summed E-state index contributed by atoms with van der Waals surface area (Å²) in [5, 5.41) is 0. The van der Waals surface area contributed by atoms with Gasteiger partial charge in [0.15, 0.2) is 0 Å². The van der Waals surface area contributed by atoms with E-state index in [0.717, 1.165) is 14.7 Å². The van der Waals surface area contributed by atoms with Gasteiger partial charge in [0.05, 0.1) is 26.2 Å². The van der Waals surface area contributed by atoms with Crippen molar-refractivity contribution in [3.8, 4) is 0 Å². The van der Waals surface area contributed by atoms with Gasteiger partial charge in [0.1, 0.15) is 0 Å². The first-order chi connectivity index (χ1) is 16.2. The molecule has 0 aliphatic rings. The molecular weight excluding hydrogens is 471 g/mol. The van der Waals surface area contributed by atoms with Crippen LogP contribution in [0.5, 0.6) is 0 Å². The number of rotatable bonds is 12. The van der Waals surface area contributed by atoms with Gasteiger partial charge in [-0.15, -0.1) is 0 Å². The number of hydrogen-bond acceptors (Lipinski definition) is 3. The van der Waals surface area contributed by atoms with Gasteiger partial charge in [-0.05, 0) is 39.5 Å². The predicted octanol–water partition coefficient (Wildman–Crippen LogP) is 8.71. The first-order valence-corrected chi connectivity index (χ1v) is 14.5. The third kappa shape index (κ3) is 15.9. The van der Waals surface area contributed by atoms with E-state index in [9.17, 15) is 0 Å². The Morgan fingerprint density at radius 2 is 0.912 bits per heavy atom. The van der Waals surface area contributed by atoms with Crippen molar-refractivity contribution < 1.29 is 4.48 Å². The maximum atomic E-state index is 4.94. The lowest BCUT2D eigenvalue weighted by Gasteiger charge is -2.39. The zero-order chi connectivity index (χ0) is 25.8. The molecule has 194 valence electrons. The minimum Gasteiger partial charge on any atom is -0.781 e. The molecule has 0 radical (unpaired) electrons. The molecule has 0 N–H and O–H groups in total. The number of nitrogens with zero attached hydrogens (tertiary/aromatic N) is 1. The predicted molar refractivity (Wildman–Crippen MR) is 159 cm³/mol. The molecule has 4 heteroatoms. The van der Waals surface area contributed by atoms with Crippen LogP contribution in [0.15, 0.2) is 57.2 Å². The van der Waals surface area contributed by atoms with Crippen LogP contribution < -0.4 is 0 Å². The average molecular weight is 520 g/mol. The molecule has 0 aliphatic carbocycles. The second-order valence-electron chi connectivity index (χ2n) is 9.41. The summed E-state index contributed by atoms with van der Waals surface area (Å²) < 4.78 is 1.42. The quantitative estimate of drug-likeness (QED) is 0.203. The van der Waals surface area contributed by atoms with Crippen LogP contribution in [0.25, 0.3) is 0 Å². The van der Waals surface area contributed by atoms with E-state index in [0.29, 0.717) is 0 Å². The molecule has 0 unspecified atom stereocenters. The third-order valence-corrected chi connectivity index (χ3v) is 7.16. The Bertz CT molecular complexity index is 685. The van der Waals surface area contributed by atoms with Gasteiger partial charge in [-0.3, -0.25) is 0 Å². The number of benzene rings is 2. The number of aryl methyl sites for hydroxylation is 2. The number of hydrogen-bond donors (Lipinski definition) is 0. The van der Waals surface area contributed by atoms with Gasteiger partial charge in [-0.1, -0.05) is 107 Å². The smallest absolute Gasteiger partial charge is 0.0786 e. The van der Waals surface area contributed by atoms with E-state index < -0.39 is 0 Å². The second-order valence-corrected chi connectivity index (χ2v) is 10.8. The van der Waals surface area contributed by atoms with Crippen LogP contribution in [0.4, 0.5) is 0 Å². The third-order valence-electron chi connectivity index (χ3n) is 6.06. The zero-order valence-corrected chi connectivity index (χ0v) is 25.1. The summed E-state index contributed by atoms with van der Waals surface area (Å²) >= 11 is 14.7. The Labute approximate surface area is 229 Å². The van der Waals surface area contributed by atoms with Crippen molar-refractivity contribution in [1.29, 1.82) is 0 Å². The molecule has 0 amide bonds. The maximum absolute atomic E-state index is 4.94. The lowest BCUT2D eigenvalue weighted by Crippen LogP contribution is -2.50. The lowest BCUT2D eigenvalue weighted by molar-refractivity contribution is -0.929. The summed E-state index contributed by atoms with van der Waals surface area (Å²) in [5.74, 6) is 0. The molecule has 1 nitrogen and oxygen atoms in total. The molecular formula is C30H49NS3-2. The standard InChI is InChI=1S/C16H36N.C7H8S2.C7H8S/c1-5-9-13-17(14-10-6-2,15-11-7-3)16-12-8-4;1-5-2-3-6(8)7(9)4-5;1-6-2-4-7(8)5-3-6/h5-16H2,1-4H3;2-4,8-9H,1H3;2-5,8H,1H3/q+1;;/p-3. The molecule has 0 bridgehead atoms. The summed E-state index contributed by atoms with van der Waals surface area (Å²) in [6, 6.07) is 13.7. The number of quaternary nitrogens is 1. The highest BCUT2D eigenvalue weighted by molar-refractivity contribution is 7.62. The van der Waals surface area contributed by atoms with Crippen molar-refractivity contribution in [1.82, 2.24) is 0 Å². The molecule has 2 aromatic carbocycles. The van der Waals surface area contributed by atoms with Gasteiger partial charge in [-0.2, -0.15) is 14.7 Å². The van der Waals surface area contributed by atoms with Crippen molar-refractivity contribution in [3.05, 3.63) is 53.6 Å². The monoisotopic (exact) mass is 519 g/mol. The summed E-state index contributed by atoms with van der Waals surface area (Å²) in [7, 11) is 0. The van der Waals surface area contributed by atoms with Gasteiger partial charge in [0, 0.05) is 0 Å². The highest BCUT2D eigenvalue weighted by Crippen LogP contribution is 2.16. The molecule has 0 saturated carbocycles. The molecule has 34 heavy (non-hydrogen) atoms. The number of unbranched alkanes of at least 4 members (excludes halogenated alkanes) is 4. The summed E-state index contributed by atoms with van der Waals surface area (Å²) in [4.78, 5) is 2.47. The van der Waals surface area contributed by atoms with Gasteiger partial charge >= 0.3 is 0 Å². The Morgan fingerprint density at radius 1 is 0.529 bits per heavy atom. The van der Waals surface area contributed by atoms with Crippen LogP contribution in [-0.2, 0) is 37.9 Å². The van der Waals surface area contributed by atoms with E-state index in [4.69, 9.17) is 37.9 Å². The van der Waals surface area contributed by atoms with Crippen molar-refractivity contribution >= 4 is 37.9 Å². The Morgan fingerprint density at radius 3 is 1.21 bits per heavy atom. The fourth-order valence-electron chi connectivity index (χ4n) is 3.80. The van der Waals surface area contributed by atoms with Gasteiger partial charge in [0.25, 0.3) is 0 Å². The van der Waals surface area contributed by atoms with Crippen molar-refractivity contribution in [2.45, 2.75) is 108 Å². The molecule has 2 aromatic rings. The minimum atomic E-state index is 0.774. The van der Waals surface area contributed by atoms with Crippen molar-refractivity contribution in [2.75, 3.05) is 26.2 Å². The summed E-state index contributed by atoms with van der Waals surface area (Å²) in [6.45, 7) is 19.1. The van der Waals surface area contributed by atoms with E-state index >= 15 is 0 Å². The SMILES string of the molecule is CCCC[N+](CCCC)(CCCC)CCCC.Cc1ccc([S-])c([S-])c1.Cc1ccc([S-])cc1. The Hall–Kier alpha value is -0.940. The van der Waals surface area contributed by atoms with Gasteiger partial charge in [-0.25, -0.2) is 0 Å². The van der Waals surface area contributed by atoms with Crippen LogP contribution in [0, 0.1) is 13.8 Å². The molecule has 0 heterocycles. The van der Waals surface area contributed by atoms with E-state index in [1.807, 2.05) is 49.4 Å². The first kappa shape index (κ1) is 33.1. The maximum Gasteiger partial charge on any atom is 0.0786 e. The molecule has 0 spiro atoms. The molecule has 0 aromatic heterocycles. The van der Waals surface area contributed by atoms with Gasteiger partial charge < -0.3 is 42.4 Å². The Kier molecular flexibility index (Phi) is 19.7. The molecule has 2 rings (SSSR count). The topological polar surface area (TPSA) is 0 Å². The van der Waals surface area contributed by atoms with E-state index in [1.54, 1.807) is 0 Å². The van der Waals surface area contributed by atoms with E-state index in [1.165, 1.54) is 93.2 Å². The normalized spacial score (nSPS) is 10.6. The van der Waals surface area contributed by atoms with Crippen LogP contribution in [0.2, 0.25) is 0 Å². The Balaban J connectivity index is 0.000000531. The molecule has 0 aliphatic heterocycles. The largest absolute Gasteiger partial charge is 0.781 e. The average Bonchev–Trinajstić information content (AvgIpc) is 2.83. The molecule has 0 saturated heterocycles. The first-order valence-electron chi connectivity index (χ1n) is 13.3. The highest BCUT2D eigenvalue weighted by Gasteiger charge is 2.24. The minimum absolute atomic E-state index is 0.774. The second kappa shape index (κ2) is 20.3. The molecule has 0 atom stereocenters. The summed E-state index contributed by atoms with van der Waals surface area (Å²) in [6.07, 6.45) is 11.1. The fraction of sp³-hybridized carbons (Fsp3) is 0.600. The molecule has 0 fully saturated rings. The van der Waals surface area contributed by atoms with Crippen LogP contribution in [-0.4, -0.2) is 30.7 Å². The van der Waals surface area contributed by atoms with Crippen LogP contribution >= 0.6 is 0 Å². The fourth-order valence-corrected chi connectivity index (χ4v) is 4.32. The van der Waals surface area contributed by atoms with Crippen LogP contribution in [0.1, 0.15) is 90.2 Å². The summed E-state index contributed by atoms with van der Waals surface area (Å²) in [5.41, 5.74) is 2.44. The highest BCUT2D eigenvalue weighted by atomic mass is 32.1.